The van der Waals surface area contributed by atoms with Gasteiger partial charge >= 0.3 is 5.97 Å². The van der Waals surface area contributed by atoms with Crippen LogP contribution in [0.4, 0.5) is 0 Å². The molecule has 190 valence electrons. The monoisotopic (exact) mass is 488 g/mol. The van der Waals surface area contributed by atoms with Crippen LogP contribution in [0.3, 0.4) is 0 Å². The zero-order valence-electron chi connectivity index (χ0n) is 21.6. The maximum absolute atomic E-state index is 11.3. The van der Waals surface area contributed by atoms with Crippen molar-refractivity contribution in [2.45, 2.75) is 108 Å². The average molecular weight is 489 g/mol. The Hall–Kier alpha value is -2.14. The van der Waals surface area contributed by atoms with E-state index < -0.39 is 0 Å². The van der Waals surface area contributed by atoms with E-state index in [1.807, 2.05) is 38.1 Å². The van der Waals surface area contributed by atoms with Gasteiger partial charge in [0.15, 0.2) is 0 Å². The van der Waals surface area contributed by atoms with Crippen LogP contribution < -0.4 is 0 Å². The molecule has 34 heavy (non-hydrogen) atoms. The van der Waals surface area contributed by atoms with E-state index in [1.165, 1.54) is 63.1 Å². The first-order chi connectivity index (χ1) is 16.4. The first-order valence-electron chi connectivity index (χ1n) is 12.8. The molecule has 2 aromatic rings. The number of phenols is 2. The molecule has 0 aliphatic heterocycles. The standard InChI is InChI=1S/C15H30O2.C14H14O2S/c1-3-5-7-9-11-13-15(16)17-14-12-10-8-6-4-2;1-9-3-5-11(15)13(7-9)17-14-8-10(2)4-6-12(14)16/h3-14H2,1-2H3;3-8,15-16H,1-2H3. The first kappa shape index (κ1) is 29.9. The topological polar surface area (TPSA) is 66.8 Å². The number of phenolic OH excluding ortho intramolecular Hbond substituents is 2. The number of aromatic hydroxyl groups is 2. The minimum atomic E-state index is -0.00279. The van der Waals surface area contributed by atoms with Crippen molar-refractivity contribution in [1.82, 2.24) is 0 Å². The van der Waals surface area contributed by atoms with Crippen molar-refractivity contribution >= 4 is 17.7 Å². The second-order valence-corrected chi connectivity index (χ2v) is 9.93. The first-order valence-corrected chi connectivity index (χ1v) is 13.6. The van der Waals surface area contributed by atoms with E-state index in [9.17, 15) is 15.0 Å². The fourth-order valence-electron chi connectivity index (χ4n) is 3.36. The minimum Gasteiger partial charge on any atom is -0.507 e. The fourth-order valence-corrected chi connectivity index (χ4v) is 4.43. The number of aryl methyl sites for hydroxylation is 2. The smallest absolute Gasteiger partial charge is 0.305 e. The third-order valence-electron chi connectivity index (χ3n) is 5.45. The largest absolute Gasteiger partial charge is 0.507 e. The highest BCUT2D eigenvalue weighted by molar-refractivity contribution is 7.99. The van der Waals surface area contributed by atoms with Crippen molar-refractivity contribution in [3.05, 3.63) is 47.5 Å². The number of esters is 1. The summed E-state index contributed by atoms with van der Waals surface area (Å²) in [4.78, 5) is 12.9. The van der Waals surface area contributed by atoms with Gasteiger partial charge in [0.05, 0.1) is 16.4 Å². The van der Waals surface area contributed by atoms with Gasteiger partial charge in [-0.2, -0.15) is 0 Å². The Morgan fingerprint density at radius 3 is 1.71 bits per heavy atom. The molecule has 0 spiro atoms. The lowest BCUT2D eigenvalue weighted by Gasteiger charge is -2.08. The summed E-state index contributed by atoms with van der Waals surface area (Å²) in [7, 11) is 0. The zero-order chi connectivity index (χ0) is 25.2. The van der Waals surface area contributed by atoms with Crippen LogP contribution in [-0.2, 0) is 9.53 Å². The Kier molecular flexibility index (Phi) is 16.0. The number of rotatable bonds is 14. The van der Waals surface area contributed by atoms with E-state index in [0.29, 0.717) is 13.0 Å². The molecule has 2 rings (SSSR count). The molecular formula is C29H44O4S. The molecule has 0 unspecified atom stereocenters. The van der Waals surface area contributed by atoms with Gasteiger partial charge in [0.2, 0.25) is 0 Å². The molecule has 0 fully saturated rings. The number of benzene rings is 2. The molecule has 0 bridgehead atoms. The van der Waals surface area contributed by atoms with Gasteiger partial charge in [0, 0.05) is 6.42 Å². The van der Waals surface area contributed by atoms with Gasteiger partial charge in [-0.25, -0.2) is 0 Å². The normalized spacial score (nSPS) is 10.5. The quantitative estimate of drug-likeness (QED) is 0.205. The van der Waals surface area contributed by atoms with Crippen LogP contribution in [0.1, 0.15) is 95.6 Å². The molecule has 0 radical (unpaired) electrons. The van der Waals surface area contributed by atoms with Crippen molar-refractivity contribution in [2.75, 3.05) is 6.61 Å². The van der Waals surface area contributed by atoms with Gasteiger partial charge < -0.3 is 14.9 Å². The van der Waals surface area contributed by atoms with Crippen molar-refractivity contribution in [1.29, 1.82) is 0 Å². The fraction of sp³-hybridized carbons (Fsp3) is 0.552. The van der Waals surface area contributed by atoms with Crippen molar-refractivity contribution < 1.29 is 19.7 Å². The second kappa shape index (κ2) is 18.2. The molecule has 0 saturated carbocycles. The summed E-state index contributed by atoms with van der Waals surface area (Å²) < 4.78 is 5.19. The average Bonchev–Trinajstić information content (AvgIpc) is 2.81. The summed E-state index contributed by atoms with van der Waals surface area (Å²) in [5.41, 5.74) is 2.16. The minimum absolute atomic E-state index is 0.00279. The van der Waals surface area contributed by atoms with Crippen LogP contribution in [0.15, 0.2) is 46.2 Å². The predicted molar refractivity (Wildman–Crippen MR) is 143 cm³/mol. The molecule has 5 heteroatoms. The van der Waals surface area contributed by atoms with Gasteiger partial charge in [0.25, 0.3) is 0 Å². The van der Waals surface area contributed by atoms with Crippen LogP contribution >= 0.6 is 11.8 Å². The molecule has 0 amide bonds. The van der Waals surface area contributed by atoms with E-state index >= 15 is 0 Å². The zero-order valence-corrected chi connectivity index (χ0v) is 22.4. The molecule has 2 N–H and O–H groups in total. The van der Waals surface area contributed by atoms with Crippen LogP contribution in [0.25, 0.3) is 0 Å². The molecule has 2 aromatic carbocycles. The van der Waals surface area contributed by atoms with Gasteiger partial charge in [-0.3, -0.25) is 4.79 Å². The Balaban J connectivity index is 0.000000340. The van der Waals surface area contributed by atoms with E-state index in [4.69, 9.17) is 4.74 Å². The molecule has 0 aliphatic carbocycles. The summed E-state index contributed by atoms with van der Waals surface area (Å²) in [6, 6.07) is 10.9. The summed E-state index contributed by atoms with van der Waals surface area (Å²) in [6.07, 6.45) is 12.6. The number of ether oxygens (including phenoxy) is 1. The summed E-state index contributed by atoms with van der Waals surface area (Å²) in [5, 5.41) is 19.5. The Morgan fingerprint density at radius 1 is 0.735 bits per heavy atom. The van der Waals surface area contributed by atoms with Gasteiger partial charge in [-0.1, -0.05) is 89.1 Å². The van der Waals surface area contributed by atoms with E-state index in [0.717, 1.165) is 33.8 Å². The maximum Gasteiger partial charge on any atom is 0.305 e. The SMILES string of the molecule is CCCCCCCOC(=O)CCCCCCC.Cc1ccc(O)c(Sc2cc(C)ccc2O)c1. The van der Waals surface area contributed by atoms with Gasteiger partial charge in [-0.05, 0) is 62.1 Å². The van der Waals surface area contributed by atoms with Crippen molar-refractivity contribution in [3.8, 4) is 11.5 Å². The predicted octanol–water partition coefficient (Wildman–Crippen LogP) is 8.73. The summed E-state index contributed by atoms with van der Waals surface area (Å²) in [5.74, 6) is 0.472. The van der Waals surface area contributed by atoms with E-state index in [2.05, 4.69) is 13.8 Å². The molecule has 0 saturated heterocycles. The Labute approximate surface area is 211 Å². The highest BCUT2D eigenvalue weighted by Gasteiger charge is 2.08. The number of carbonyl (C=O) groups is 1. The highest BCUT2D eigenvalue weighted by Crippen LogP contribution is 2.39. The molecule has 0 atom stereocenters. The molecule has 0 aromatic heterocycles. The second-order valence-electron chi connectivity index (χ2n) is 8.84. The highest BCUT2D eigenvalue weighted by atomic mass is 32.2. The molecule has 0 aliphatic rings. The number of carbonyl (C=O) groups excluding carboxylic acids is 1. The van der Waals surface area contributed by atoms with Crippen LogP contribution in [0.5, 0.6) is 11.5 Å². The Bertz CT molecular complexity index is 785. The molecular weight excluding hydrogens is 444 g/mol. The number of hydrogen-bond acceptors (Lipinski definition) is 5. The summed E-state index contributed by atoms with van der Waals surface area (Å²) in [6.45, 7) is 8.97. The van der Waals surface area contributed by atoms with Crippen LogP contribution in [0.2, 0.25) is 0 Å². The summed E-state index contributed by atoms with van der Waals surface area (Å²) >= 11 is 1.37. The van der Waals surface area contributed by atoms with Gasteiger partial charge in [0.1, 0.15) is 11.5 Å². The van der Waals surface area contributed by atoms with E-state index in [-0.39, 0.29) is 17.5 Å². The lowest BCUT2D eigenvalue weighted by Crippen LogP contribution is -2.05. The van der Waals surface area contributed by atoms with Gasteiger partial charge in [-0.15, -0.1) is 0 Å². The van der Waals surface area contributed by atoms with Crippen molar-refractivity contribution in [3.63, 3.8) is 0 Å². The van der Waals surface area contributed by atoms with Crippen LogP contribution in [-0.4, -0.2) is 22.8 Å². The number of hydrogen-bond donors (Lipinski definition) is 2. The Morgan fingerprint density at radius 2 is 1.21 bits per heavy atom. The number of unbranched alkanes of at least 4 members (excludes halogenated alkanes) is 8. The molecule has 4 nitrogen and oxygen atoms in total. The van der Waals surface area contributed by atoms with Crippen molar-refractivity contribution in [2.24, 2.45) is 0 Å². The van der Waals surface area contributed by atoms with E-state index in [1.54, 1.807) is 12.1 Å². The lowest BCUT2D eigenvalue weighted by molar-refractivity contribution is -0.143. The third-order valence-corrected chi connectivity index (χ3v) is 6.54. The lowest BCUT2D eigenvalue weighted by atomic mass is 10.1. The van der Waals surface area contributed by atoms with Crippen LogP contribution in [0, 0.1) is 13.8 Å². The molecule has 0 heterocycles. The third kappa shape index (κ3) is 13.5. The maximum atomic E-state index is 11.3.